The molecule has 0 fully saturated rings. The van der Waals surface area contributed by atoms with Crippen molar-refractivity contribution in [3.8, 4) is 11.5 Å². The molecule has 4 nitrogen and oxygen atoms in total. The van der Waals surface area contributed by atoms with Crippen LogP contribution in [0, 0.1) is 11.6 Å². The number of nitrogens with zero attached hydrogens (tertiary/aromatic N) is 1. The van der Waals surface area contributed by atoms with E-state index < -0.39 is 11.6 Å². The highest BCUT2D eigenvalue weighted by Crippen LogP contribution is 2.36. The second kappa shape index (κ2) is 7.40. The molecule has 6 heteroatoms. The van der Waals surface area contributed by atoms with Crippen molar-refractivity contribution in [2.75, 3.05) is 0 Å². The number of hydrogen-bond acceptors (Lipinski definition) is 3. The molecule has 0 amide bonds. The summed E-state index contributed by atoms with van der Waals surface area (Å²) in [5, 5.41) is 1.01. The number of fused-ring (bicyclic) bond motifs is 2. The third-order valence-electron chi connectivity index (χ3n) is 5.30. The summed E-state index contributed by atoms with van der Waals surface area (Å²) in [6.07, 6.45) is 3.66. The zero-order chi connectivity index (χ0) is 21.5. The van der Waals surface area contributed by atoms with E-state index in [0.29, 0.717) is 17.1 Å². The molecule has 2 heterocycles. The van der Waals surface area contributed by atoms with Crippen LogP contribution in [0.3, 0.4) is 0 Å². The van der Waals surface area contributed by atoms with E-state index in [2.05, 4.69) is 0 Å². The summed E-state index contributed by atoms with van der Waals surface area (Å²) in [6, 6.07) is 16.3. The average Bonchev–Trinajstić information content (AvgIpc) is 3.24. The molecule has 1 aliphatic heterocycles. The largest absolute Gasteiger partial charge is 0.489 e. The van der Waals surface area contributed by atoms with Crippen LogP contribution in [0.2, 0.25) is 0 Å². The van der Waals surface area contributed by atoms with Gasteiger partial charge in [0.05, 0.1) is 11.1 Å². The molecule has 0 saturated heterocycles. The molecule has 0 radical (unpaired) electrons. The highest BCUT2D eigenvalue weighted by atomic mass is 19.1. The SMILES string of the molecule is Cn1cc(/C=C2\Oc3cc(OCc4c(F)cccc4F)ccc3C2=O)c2ccccc21. The van der Waals surface area contributed by atoms with Crippen molar-refractivity contribution in [3.63, 3.8) is 0 Å². The molecule has 5 rings (SSSR count). The van der Waals surface area contributed by atoms with Crippen LogP contribution in [0.1, 0.15) is 21.5 Å². The van der Waals surface area contributed by atoms with Gasteiger partial charge < -0.3 is 14.0 Å². The van der Waals surface area contributed by atoms with E-state index in [-0.39, 0.29) is 23.7 Å². The van der Waals surface area contributed by atoms with Gasteiger partial charge in [-0.15, -0.1) is 0 Å². The molecule has 1 aliphatic rings. The predicted octanol–water partition coefficient (Wildman–Crippen LogP) is 5.65. The summed E-state index contributed by atoms with van der Waals surface area (Å²) in [7, 11) is 1.94. The predicted molar refractivity (Wildman–Crippen MR) is 113 cm³/mol. The quantitative estimate of drug-likeness (QED) is 0.403. The van der Waals surface area contributed by atoms with Gasteiger partial charge in [-0.25, -0.2) is 8.78 Å². The fourth-order valence-electron chi connectivity index (χ4n) is 3.71. The van der Waals surface area contributed by atoms with Crippen molar-refractivity contribution < 1.29 is 23.0 Å². The molecular formula is C25H17F2NO3. The Kier molecular flexibility index (Phi) is 4.55. The molecular weight excluding hydrogens is 400 g/mol. The molecule has 0 atom stereocenters. The Bertz CT molecular complexity index is 1350. The van der Waals surface area contributed by atoms with Gasteiger partial charge in [0.25, 0.3) is 0 Å². The number of ketones is 1. The van der Waals surface area contributed by atoms with Crippen LogP contribution in [0.5, 0.6) is 11.5 Å². The summed E-state index contributed by atoms with van der Waals surface area (Å²) in [5.41, 5.74) is 2.18. The summed E-state index contributed by atoms with van der Waals surface area (Å²) in [6.45, 7) is -0.274. The Morgan fingerprint density at radius 1 is 1.03 bits per heavy atom. The Labute approximate surface area is 176 Å². The first-order valence-electron chi connectivity index (χ1n) is 9.69. The number of aryl methyl sites for hydroxylation is 1. The third kappa shape index (κ3) is 3.36. The normalized spacial score (nSPS) is 14.2. The highest BCUT2D eigenvalue weighted by Gasteiger charge is 2.28. The van der Waals surface area contributed by atoms with Crippen LogP contribution in [0.25, 0.3) is 17.0 Å². The number of rotatable bonds is 4. The molecule has 4 aromatic rings. The van der Waals surface area contributed by atoms with Crippen molar-refractivity contribution in [3.05, 3.63) is 101 Å². The van der Waals surface area contributed by atoms with Gasteiger partial charge in [-0.2, -0.15) is 0 Å². The minimum Gasteiger partial charge on any atom is -0.489 e. The van der Waals surface area contributed by atoms with Crippen molar-refractivity contribution >= 4 is 22.8 Å². The lowest BCUT2D eigenvalue weighted by Crippen LogP contribution is -2.01. The highest BCUT2D eigenvalue weighted by molar-refractivity contribution is 6.15. The molecule has 0 bridgehead atoms. The van der Waals surface area contributed by atoms with Crippen molar-refractivity contribution in [1.29, 1.82) is 0 Å². The van der Waals surface area contributed by atoms with Crippen LogP contribution in [0.4, 0.5) is 8.78 Å². The minimum atomic E-state index is -0.673. The van der Waals surface area contributed by atoms with E-state index in [4.69, 9.17) is 9.47 Å². The first kappa shape index (κ1) is 19.1. The molecule has 1 aromatic heterocycles. The maximum Gasteiger partial charge on any atom is 0.231 e. The number of hydrogen-bond donors (Lipinski definition) is 0. The lowest BCUT2D eigenvalue weighted by atomic mass is 10.1. The number of carbonyl (C=O) groups is 1. The average molecular weight is 417 g/mol. The van der Waals surface area contributed by atoms with E-state index in [1.54, 1.807) is 24.3 Å². The van der Waals surface area contributed by atoms with E-state index in [0.717, 1.165) is 16.5 Å². The van der Waals surface area contributed by atoms with Crippen LogP contribution in [-0.2, 0) is 13.7 Å². The number of aromatic nitrogens is 1. The second-order valence-electron chi connectivity index (χ2n) is 7.30. The Hall–Kier alpha value is -3.93. The zero-order valence-corrected chi connectivity index (χ0v) is 16.6. The van der Waals surface area contributed by atoms with Gasteiger partial charge in [0.15, 0.2) is 5.76 Å². The van der Waals surface area contributed by atoms with Crippen LogP contribution >= 0.6 is 0 Å². The van der Waals surface area contributed by atoms with Crippen molar-refractivity contribution in [2.45, 2.75) is 6.61 Å². The number of halogens is 2. The maximum atomic E-state index is 13.8. The smallest absolute Gasteiger partial charge is 0.231 e. The molecule has 0 spiro atoms. The van der Waals surface area contributed by atoms with E-state index in [1.165, 1.54) is 18.2 Å². The first-order chi connectivity index (χ1) is 15.0. The van der Waals surface area contributed by atoms with Crippen LogP contribution in [0.15, 0.2) is 72.6 Å². The number of allylic oxidation sites excluding steroid dienone is 1. The Morgan fingerprint density at radius 3 is 2.61 bits per heavy atom. The molecule has 31 heavy (non-hydrogen) atoms. The van der Waals surface area contributed by atoms with Crippen LogP contribution in [-0.4, -0.2) is 10.4 Å². The van der Waals surface area contributed by atoms with E-state index in [9.17, 15) is 13.6 Å². The zero-order valence-electron chi connectivity index (χ0n) is 16.6. The molecule has 0 N–H and O–H groups in total. The summed E-state index contributed by atoms with van der Waals surface area (Å²) < 4.78 is 40.9. The minimum absolute atomic E-state index is 0.156. The summed E-state index contributed by atoms with van der Waals surface area (Å²) in [4.78, 5) is 12.8. The van der Waals surface area contributed by atoms with Gasteiger partial charge in [-0.1, -0.05) is 24.3 Å². The lowest BCUT2D eigenvalue weighted by Gasteiger charge is -2.09. The lowest BCUT2D eigenvalue weighted by molar-refractivity contribution is 0.101. The number of benzene rings is 3. The van der Waals surface area contributed by atoms with Gasteiger partial charge in [0.1, 0.15) is 29.7 Å². The molecule has 0 aliphatic carbocycles. The van der Waals surface area contributed by atoms with Gasteiger partial charge >= 0.3 is 0 Å². The summed E-state index contributed by atoms with van der Waals surface area (Å²) >= 11 is 0. The maximum absolute atomic E-state index is 13.8. The topological polar surface area (TPSA) is 40.5 Å². The Morgan fingerprint density at radius 2 is 1.81 bits per heavy atom. The fourth-order valence-corrected chi connectivity index (χ4v) is 3.71. The van der Waals surface area contributed by atoms with Gasteiger partial charge in [-0.3, -0.25) is 4.79 Å². The van der Waals surface area contributed by atoms with Crippen molar-refractivity contribution in [2.24, 2.45) is 7.05 Å². The number of Topliss-reactive ketones (excluding diaryl/α,β-unsaturated/α-hetero) is 1. The van der Waals surface area contributed by atoms with Gasteiger partial charge in [0.2, 0.25) is 5.78 Å². The van der Waals surface area contributed by atoms with E-state index in [1.807, 2.05) is 42.1 Å². The summed E-state index contributed by atoms with van der Waals surface area (Å²) in [5.74, 6) is -0.664. The van der Waals surface area contributed by atoms with E-state index >= 15 is 0 Å². The Balaban J connectivity index is 1.40. The number of para-hydroxylation sites is 1. The number of carbonyl (C=O) groups excluding carboxylic acids is 1. The van der Waals surface area contributed by atoms with Crippen LogP contribution < -0.4 is 9.47 Å². The third-order valence-corrected chi connectivity index (χ3v) is 5.30. The van der Waals surface area contributed by atoms with Crippen molar-refractivity contribution in [1.82, 2.24) is 4.57 Å². The fraction of sp³-hybridized carbons (Fsp3) is 0.0800. The monoisotopic (exact) mass is 417 g/mol. The van der Waals surface area contributed by atoms with Gasteiger partial charge in [0, 0.05) is 35.8 Å². The molecule has 0 saturated carbocycles. The second-order valence-corrected chi connectivity index (χ2v) is 7.30. The number of ether oxygens (including phenoxy) is 2. The first-order valence-corrected chi connectivity index (χ1v) is 9.69. The molecule has 154 valence electrons. The standard InChI is InChI=1S/C25H17F2NO3/c1-28-13-15(17-5-2-3-8-22(17)28)11-24-25(29)18-10-9-16(12-23(18)31-24)30-14-19-20(26)6-4-7-21(19)27/h2-13H,14H2,1H3/b24-11-. The molecule has 3 aromatic carbocycles. The molecule has 0 unspecified atom stereocenters. The van der Waals surface area contributed by atoms with Gasteiger partial charge in [-0.05, 0) is 36.4 Å².